The van der Waals surface area contributed by atoms with Gasteiger partial charge in [-0.15, -0.1) is 0 Å². The molecule has 0 atom stereocenters. The van der Waals surface area contributed by atoms with Crippen molar-refractivity contribution in [1.82, 2.24) is 19.7 Å². The summed E-state index contributed by atoms with van der Waals surface area (Å²) < 4.78 is 3.04. The number of nitrogens with zero attached hydrogens (tertiary/aromatic N) is 5. The monoisotopic (exact) mass is 310 g/mol. The first-order valence-corrected chi connectivity index (χ1v) is 7.76. The van der Waals surface area contributed by atoms with Crippen LogP contribution >= 0.6 is 11.3 Å². The number of likely N-dealkylation sites (tertiary alicyclic amines) is 1. The predicted octanol–water partition coefficient (Wildman–Crippen LogP) is 2.25. The summed E-state index contributed by atoms with van der Waals surface area (Å²) in [5, 5.41) is 14.0. The van der Waals surface area contributed by atoms with Crippen LogP contribution in [0.3, 0.4) is 0 Å². The van der Waals surface area contributed by atoms with Gasteiger partial charge in [0.1, 0.15) is 0 Å². The fourth-order valence-corrected chi connectivity index (χ4v) is 3.81. The average molecular weight is 310 g/mol. The number of anilines is 1. The predicted molar refractivity (Wildman–Crippen MR) is 86.1 cm³/mol. The van der Waals surface area contributed by atoms with Crippen LogP contribution in [-0.2, 0) is 5.54 Å². The maximum Gasteiger partial charge on any atom is 0.181 e. The van der Waals surface area contributed by atoms with Gasteiger partial charge in [-0.25, -0.2) is 4.98 Å². The van der Waals surface area contributed by atoms with Gasteiger partial charge in [-0.1, -0.05) is 23.5 Å². The van der Waals surface area contributed by atoms with Crippen LogP contribution in [0.5, 0.6) is 0 Å². The van der Waals surface area contributed by atoms with Crippen LogP contribution in [-0.4, -0.2) is 32.8 Å². The number of hydrogen-bond donors (Lipinski definition) is 1. The molecule has 1 aliphatic rings. The summed E-state index contributed by atoms with van der Waals surface area (Å²) in [6.07, 6.45) is 6.07. The van der Waals surface area contributed by atoms with Crippen LogP contribution in [0.1, 0.15) is 6.92 Å². The van der Waals surface area contributed by atoms with Crippen molar-refractivity contribution in [2.24, 2.45) is 0 Å². The molecule has 2 aromatic heterocycles. The van der Waals surface area contributed by atoms with Crippen LogP contribution in [0.15, 0.2) is 30.6 Å². The summed E-state index contributed by atoms with van der Waals surface area (Å²) in [6, 6.07) is 6.01. The fraction of sp³-hybridized carbons (Fsp3) is 0.267. The second-order valence-corrected chi connectivity index (χ2v) is 6.86. The first-order valence-electron chi connectivity index (χ1n) is 6.94. The zero-order valence-corrected chi connectivity index (χ0v) is 12.8. The number of aromatic nitrogens is 3. The average Bonchev–Trinajstić information content (AvgIpc) is 3.08. The van der Waals surface area contributed by atoms with E-state index in [1.165, 1.54) is 11.3 Å². The molecular weight excluding hydrogens is 296 g/mol. The van der Waals surface area contributed by atoms with Gasteiger partial charge >= 0.3 is 0 Å². The minimum Gasteiger partial charge on any atom is -0.375 e. The van der Waals surface area contributed by atoms with Crippen molar-refractivity contribution in [2.45, 2.75) is 12.5 Å². The van der Waals surface area contributed by atoms with Crippen LogP contribution < -0.4 is 5.73 Å². The van der Waals surface area contributed by atoms with Crippen LogP contribution in [0, 0.1) is 11.5 Å². The van der Waals surface area contributed by atoms with Crippen molar-refractivity contribution < 1.29 is 0 Å². The molecule has 0 radical (unpaired) electrons. The molecule has 0 amide bonds. The Morgan fingerprint density at radius 2 is 2.23 bits per heavy atom. The van der Waals surface area contributed by atoms with Crippen molar-refractivity contribution >= 4 is 26.7 Å². The minimum atomic E-state index is -0.116. The van der Waals surface area contributed by atoms with Gasteiger partial charge in [0.25, 0.3) is 0 Å². The third-order valence-electron chi connectivity index (χ3n) is 4.08. The summed E-state index contributed by atoms with van der Waals surface area (Å²) in [4.78, 5) is 6.06. The molecule has 0 spiro atoms. The number of nitriles is 1. The van der Waals surface area contributed by atoms with Gasteiger partial charge in [-0.3, -0.25) is 4.68 Å². The minimum absolute atomic E-state index is 0.116. The normalized spacial score (nSPS) is 16.5. The lowest BCUT2D eigenvalue weighted by molar-refractivity contribution is 0.0642. The van der Waals surface area contributed by atoms with E-state index in [9.17, 15) is 0 Å². The standard InChI is InChI=1S/C15H14N6S/c1-15(7-20(8-15)9-16)21-6-10(5-18-21)11-3-2-4-12-13(11)22-14(17)19-12/h2-6H,7-8H2,1H3,(H2,17,19). The Kier molecular flexibility index (Phi) is 2.65. The molecule has 110 valence electrons. The number of nitrogen functional groups attached to an aromatic ring is 1. The highest BCUT2D eigenvalue weighted by Gasteiger charge is 2.41. The number of benzene rings is 1. The van der Waals surface area contributed by atoms with Crippen molar-refractivity contribution in [3.63, 3.8) is 0 Å². The number of rotatable bonds is 2. The zero-order valence-electron chi connectivity index (χ0n) is 12.0. The molecule has 2 N–H and O–H groups in total. The van der Waals surface area contributed by atoms with E-state index in [2.05, 4.69) is 29.3 Å². The first kappa shape index (κ1) is 13.1. The highest BCUT2D eigenvalue weighted by Crippen LogP contribution is 2.35. The molecule has 0 aliphatic carbocycles. The lowest BCUT2D eigenvalue weighted by Crippen LogP contribution is -2.59. The molecule has 0 saturated carbocycles. The van der Waals surface area contributed by atoms with E-state index in [0.29, 0.717) is 18.2 Å². The molecule has 4 rings (SSSR count). The number of thiazole rings is 1. The molecule has 7 heteroatoms. The van der Waals surface area contributed by atoms with E-state index >= 15 is 0 Å². The SMILES string of the molecule is CC1(n2cc(-c3cccc4nc(N)sc34)cn2)CN(C#N)C1. The summed E-state index contributed by atoms with van der Waals surface area (Å²) in [5.41, 5.74) is 8.76. The Labute approximate surface area is 131 Å². The molecule has 3 heterocycles. The third kappa shape index (κ3) is 1.84. The van der Waals surface area contributed by atoms with E-state index in [4.69, 9.17) is 11.0 Å². The topological polar surface area (TPSA) is 83.8 Å². The molecule has 3 aromatic rings. The Hall–Kier alpha value is -2.59. The Balaban J connectivity index is 1.74. The van der Waals surface area contributed by atoms with Gasteiger partial charge in [0.05, 0.1) is 35.0 Å². The maximum absolute atomic E-state index is 8.90. The van der Waals surface area contributed by atoms with Crippen LogP contribution in [0.4, 0.5) is 5.13 Å². The van der Waals surface area contributed by atoms with Gasteiger partial charge in [-0.2, -0.15) is 10.4 Å². The second-order valence-electron chi connectivity index (χ2n) is 5.83. The second kappa shape index (κ2) is 4.45. The number of hydrogen-bond acceptors (Lipinski definition) is 6. The molecule has 1 fully saturated rings. The lowest BCUT2D eigenvalue weighted by atomic mass is 9.93. The lowest BCUT2D eigenvalue weighted by Gasteiger charge is -2.44. The molecule has 1 aliphatic heterocycles. The van der Waals surface area contributed by atoms with Gasteiger partial charge in [0.15, 0.2) is 11.3 Å². The van der Waals surface area contributed by atoms with Crippen molar-refractivity contribution in [3.05, 3.63) is 30.6 Å². The molecule has 1 saturated heterocycles. The maximum atomic E-state index is 8.90. The van der Waals surface area contributed by atoms with Crippen LogP contribution in [0.2, 0.25) is 0 Å². The molecule has 0 unspecified atom stereocenters. The summed E-state index contributed by atoms with van der Waals surface area (Å²) in [5.74, 6) is 0. The first-order chi connectivity index (χ1) is 10.6. The van der Waals surface area contributed by atoms with E-state index < -0.39 is 0 Å². The van der Waals surface area contributed by atoms with Crippen molar-refractivity contribution in [3.8, 4) is 17.3 Å². The van der Waals surface area contributed by atoms with Crippen molar-refractivity contribution in [2.75, 3.05) is 18.8 Å². The fourth-order valence-electron chi connectivity index (χ4n) is 2.94. The summed E-state index contributed by atoms with van der Waals surface area (Å²) in [7, 11) is 0. The number of fused-ring (bicyclic) bond motifs is 1. The summed E-state index contributed by atoms with van der Waals surface area (Å²) >= 11 is 1.49. The molecule has 22 heavy (non-hydrogen) atoms. The largest absolute Gasteiger partial charge is 0.375 e. The summed E-state index contributed by atoms with van der Waals surface area (Å²) in [6.45, 7) is 3.51. The quantitative estimate of drug-likeness (QED) is 0.734. The zero-order chi connectivity index (χ0) is 15.3. The molecule has 6 nitrogen and oxygen atoms in total. The molecule has 0 bridgehead atoms. The van der Waals surface area contributed by atoms with E-state index in [1.54, 1.807) is 4.90 Å². The van der Waals surface area contributed by atoms with E-state index in [1.807, 2.05) is 29.2 Å². The van der Waals surface area contributed by atoms with Gasteiger partial charge in [0.2, 0.25) is 0 Å². The van der Waals surface area contributed by atoms with Gasteiger partial charge in [0, 0.05) is 17.3 Å². The van der Waals surface area contributed by atoms with Crippen LogP contribution in [0.25, 0.3) is 21.3 Å². The highest BCUT2D eigenvalue weighted by atomic mass is 32.1. The third-order valence-corrected chi connectivity index (χ3v) is 5.02. The smallest absolute Gasteiger partial charge is 0.181 e. The van der Waals surface area contributed by atoms with Gasteiger partial charge in [-0.05, 0) is 13.0 Å². The van der Waals surface area contributed by atoms with E-state index in [0.717, 1.165) is 21.3 Å². The molecule has 1 aromatic carbocycles. The van der Waals surface area contributed by atoms with Gasteiger partial charge < -0.3 is 10.6 Å². The Morgan fingerprint density at radius 3 is 3.00 bits per heavy atom. The Morgan fingerprint density at radius 1 is 1.41 bits per heavy atom. The van der Waals surface area contributed by atoms with E-state index in [-0.39, 0.29) is 5.54 Å². The highest BCUT2D eigenvalue weighted by molar-refractivity contribution is 7.22. The van der Waals surface area contributed by atoms with Crippen molar-refractivity contribution in [1.29, 1.82) is 5.26 Å². The molecular formula is C15H14N6S. The number of nitrogens with two attached hydrogens (primary N) is 1. The Bertz CT molecular complexity index is 896.